The number of piperidine rings is 2. The zero-order valence-corrected chi connectivity index (χ0v) is 15.2. The van der Waals surface area contributed by atoms with Gasteiger partial charge in [0.25, 0.3) is 5.91 Å². The molecule has 2 fully saturated rings. The highest BCUT2D eigenvalue weighted by Gasteiger charge is 2.38. The Morgan fingerprint density at radius 2 is 1.52 bits per heavy atom. The van der Waals surface area contributed by atoms with Crippen molar-refractivity contribution in [3.05, 3.63) is 59.9 Å². The number of hydrogen-bond donors (Lipinski definition) is 1. The maximum absolute atomic E-state index is 13.1. The predicted molar refractivity (Wildman–Crippen MR) is 102 cm³/mol. The lowest BCUT2D eigenvalue weighted by Gasteiger charge is -2.44. The van der Waals surface area contributed by atoms with E-state index in [1.54, 1.807) is 12.1 Å². The topological polar surface area (TPSA) is 49.4 Å². The molecule has 0 saturated carbocycles. The first-order valence-corrected chi connectivity index (χ1v) is 9.47. The van der Waals surface area contributed by atoms with E-state index in [1.165, 1.54) is 12.1 Å². The summed E-state index contributed by atoms with van der Waals surface area (Å²) in [4.78, 5) is 26.1. The van der Waals surface area contributed by atoms with Crippen LogP contribution in [0.15, 0.2) is 48.5 Å². The molecule has 2 aliphatic heterocycles. The number of nitrogens with zero attached hydrogens (tertiary/aromatic N) is 1. The molecule has 0 aromatic heterocycles. The van der Waals surface area contributed by atoms with Gasteiger partial charge in [0.15, 0.2) is 0 Å². The summed E-state index contributed by atoms with van der Waals surface area (Å²) in [5, 5.41) is 2.98. The SMILES string of the molecule is O=C1CCC2(CCN(C(=O)c3ccc(-c4ccc(F)cc4)cc3)CC2)CN1. The largest absolute Gasteiger partial charge is 0.356 e. The van der Waals surface area contributed by atoms with E-state index >= 15 is 0 Å². The number of hydrogen-bond acceptors (Lipinski definition) is 2. The Bertz CT molecular complexity index is 826. The summed E-state index contributed by atoms with van der Waals surface area (Å²) >= 11 is 0. The molecule has 1 spiro atoms. The lowest BCUT2D eigenvalue weighted by molar-refractivity contribution is -0.125. The molecule has 2 aliphatic rings. The van der Waals surface area contributed by atoms with Crippen LogP contribution in [0.3, 0.4) is 0 Å². The van der Waals surface area contributed by atoms with Crippen LogP contribution >= 0.6 is 0 Å². The first-order valence-electron chi connectivity index (χ1n) is 9.47. The van der Waals surface area contributed by atoms with Gasteiger partial charge >= 0.3 is 0 Å². The molecule has 5 heteroatoms. The average Bonchev–Trinajstić information content (AvgIpc) is 2.71. The molecule has 0 bridgehead atoms. The third kappa shape index (κ3) is 3.72. The van der Waals surface area contributed by atoms with Crippen LogP contribution in [-0.2, 0) is 4.79 Å². The van der Waals surface area contributed by atoms with E-state index in [-0.39, 0.29) is 23.0 Å². The fourth-order valence-corrected chi connectivity index (χ4v) is 4.08. The Hall–Kier alpha value is -2.69. The second-order valence-electron chi connectivity index (χ2n) is 7.65. The van der Waals surface area contributed by atoms with E-state index in [9.17, 15) is 14.0 Å². The first-order chi connectivity index (χ1) is 13.0. The third-order valence-corrected chi connectivity index (χ3v) is 5.96. The van der Waals surface area contributed by atoms with Crippen molar-refractivity contribution in [2.75, 3.05) is 19.6 Å². The second kappa shape index (κ2) is 7.14. The number of halogens is 1. The van der Waals surface area contributed by atoms with Gasteiger partial charge in [0.2, 0.25) is 5.91 Å². The predicted octanol–water partition coefficient (Wildman–Crippen LogP) is 3.63. The Balaban J connectivity index is 1.40. The van der Waals surface area contributed by atoms with Crippen LogP contribution < -0.4 is 5.32 Å². The van der Waals surface area contributed by atoms with Crippen molar-refractivity contribution in [2.45, 2.75) is 25.7 Å². The fourth-order valence-electron chi connectivity index (χ4n) is 4.08. The molecule has 0 aliphatic carbocycles. The molecule has 2 aromatic rings. The summed E-state index contributed by atoms with van der Waals surface area (Å²) in [5.41, 5.74) is 2.72. The van der Waals surface area contributed by atoms with Crippen LogP contribution in [0.4, 0.5) is 4.39 Å². The van der Waals surface area contributed by atoms with Crippen molar-refractivity contribution in [2.24, 2.45) is 5.41 Å². The minimum atomic E-state index is -0.258. The van der Waals surface area contributed by atoms with Crippen molar-refractivity contribution >= 4 is 11.8 Å². The zero-order valence-electron chi connectivity index (χ0n) is 15.2. The third-order valence-electron chi connectivity index (χ3n) is 5.96. The number of carbonyl (C=O) groups excluding carboxylic acids is 2. The second-order valence-corrected chi connectivity index (χ2v) is 7.65. The van der Waals surface area contributed by atoms with E-state index < -0.39 is 0 Å². The summed E-state index contributed by atoms with van der Waals surface area (Å²) in [6.45, 7) is 2.20. The van der Waals surface area contributed by atoms with Crippen molar-refractivity contribution in [1.29, 1.82) is 0 Å². The van der Waals surface area contributed by atoms with Crippen LogP contribution in [0.2, 0.25) is 0 Å². The number of likely N-dealkylation sites (tertiary alicyclic amines) is 1. The van der Waals surface area contributed by atoms with Crippen LogP contribution in [-0.4, -0.2) is 36.3 Å². The normalized spacial score (nSPS) is 19.0. The van der Waals surface area contributed by atoms with Crippen LogP contribution in [0, 0.1) is 11.2 Å². The summed E-state index contributed by atoms with van der Waals surface area (Å²) in [6, 6.07) is 13.8. The molecule has 2 aromatic carbocycles. The quantitative estimate of drug-likeness (QED) is 0.882. The average molecular weight is 366 g/mol. The molecule has 27 heavy (non-hydrogen) atoms. The van der Waals surface area contributed by atoms with Gasteiger partial charge in [-0.1, -0.05) is 24.3 Å². The van der Waals surface area contributed by atoms with Gasteiger partial charge in [-0.3, -0.25) is 9.59 Å². The van der Waals surface area contributed by atoms with Gasteiger partial charge in [-0.25, -0.2) is 4.39 Å². The number of nitrogens with one attached hydrogen (secondary N) is 1. The van der Waals surface area contributed by atoms with E-state index in [0.717, 1.165) is 50.0 Å². The standard InChI is InChI=1S/C22H23FN2O2/c23-19-7-5-17(6-8-19)16-1-3-18(4-2-16)21(27)25-13-11-22(12-14-25)10-9-20(26)24-15-22/h1-8H,9-15H2,(H,24,26). The summed E-state index contributed by atoms with van der Waals surface area (Å²) in [7, 11) is 0. The molecule has 1 N–H and O–H groups in total. The van der Waals surface area contributed by atoms with Gasteiger partial charge in [0.05, 0.1) is 0 Å². The summed E-state index contributed by atoms with van der Waals surface area (Å²) in [5.74, 6) is -0.0679. The van der Waals surface area contributed by atoms with Gasteiger partial charge in [0.1, 0.15) is 5.82 Å². The van der Waals surface area contributed by atoms with Gasteiger partial charge in [0, 0.05) is 31.6 Å². The Morgan fingerprint density at radius 3 is 2.07 bits per heavy atom. The van der Waals surface area contributed by atoms with Crippen molar-refractivity contribution in [3.63, 3.8) is 0 Å². The van der Waals surface area contributed by atoms with Gasteiger partial charge < -0.3 is 10.2 Å². The Kier molecular flexibility index (Phi) is 4.68. The molecule has 2 saturated heterocycles. The number of carbonyl (C=O) groups is 2. The number of rotatable bonds is 2. The number of benzene rings is 2. The smallest absolute Gasteiger partial charge is 0.253 e. The van der Waals surface area contributed by atoms with Crippen molar-refractivity contribution in [1.82, 2.24) is 10.2 Å². The van der Waals surface area contributed by atoms with E-state index in [4.69, 9.17) is 0 Å². The van der Waals surface area contributed by atoms with E-state index in [0.29, 0.717) is 12.0 Å². The molecule has 140 valence electrons. The minimum absolute atomic E-state index is 0.0513. The van der Waals surface area contributed by atoms with Crippen LogP contribution in [0.1, 0.15) is 36.0 Å². The lowest BCUT2D eigenvalue weighted by atomic mass is 9.73. The summed E-state index contributed by atoms with van der Waals surface area (Å²) < 4.78 is 13.1. The highest BCUT2D eigenvalue weighted by molar-refractivity contribution is 5.94. The van der Waals surface area contributed by atoms with E-state index in [2.05, 4.69) is 5.32 Å². The Labute approximate surface area is 158 Å². The van der Waals surface area contributed by atoms with Crippen molar-refractivity contribution in [3.8, 4) is 11.1 Å². The molecule has 4 rings (SSSR count). The monoisotopic (exact) mass is 366 g/mol. The fraction of sp³-hybridized carbons (Fsp3) is 0.364. The van der Waals surface area contributed by atoms with E-state index in [1.807, 2.05) is 29.2 Å². The minimum Gasteiger partial charge on any atom is -0.356 e. The van der Waals surface area contributed by atoms with Gasteiger partial charge in [-0.05, 0) is 60.1 Å². The first kappa shape index (κ1) is 17.7. The van der Waals surface area contributed by atoms with Crippen molar-refractivity contribution < 1.29 is 14.0 Å². The van der Waals surface area contributed by atoms with Crippen LogP contribution in [0.25, 0.3) is 11.1 Å². The molecule has 0 radical (unpaired) electrons. The lowest BCUT2D eigenvalue weighted by Crippen LogP contribution is -2.50. The Morgan fingerprint density at radius 1 is 0.926 bits per heavy atom. The molecule has 2 heterocycles. The maximum Gasteiger partial charge on any atom is 0.253 e. The summed E-state index contributed by atoms with van der Waals surface area (Å²) in [6.07, 6.45) is 3.39. The zero-order chi connectivity index (χ0) is 18.9. The highest BCUT2D eigenvalue weighted by Crippen LogP contribution is 2.37. The number of amides is 2. The maximum atomic E-state index is 13.1. The molecule has 2 amide bonds. The molecule has 0 atom stereocenters. The van der Waals surface area contributed by atoms with Gasteiger partial charge in [-0.15, -0.1) is 0 Å². The highest BCUT2D eigenvalue weighted by atomic mass is 19.1. The molecular weight excluding hydrogens is 343 g/mol. The molecule has 0 unspecified atom stereocenters. The molecule has 4 nitrogen and oxygen atoms in total. The van der Waals surface area contributed by atoms with Gasteiger partial charge in [-0.2, -0.15) is 0 Å². The molecular formula is C22H23FN2O2. The van der Waals surface area contributed by atoms with Crippen LogP contribution in [0.5, 0.6) is 0 Å².